The average Bonchev–Trinajstić information content (AvgIpc) is 3.33. The van der Waals surface area contributed by atoms with Crippen molar-refractivity contribution in [2.24, 2.45) is 0 Å². The average molecular weight is 532 g/mol. The maximum Gasteiger partial charge on any atom is 0.490 e. The number of aliphatic carboxylic acids is 1. The third-order valence-corrected chi connectivity index (χ3v) is 6.27. The van der Waals surface area contributed by atoms with E-state index in [1.54, 1.807) is 6.92 Å². The van der Waals surface area contributed by atoms with Gasteiger partial charge in [0.15, 0.2) is 0 Å². The number of halogens is 6. The quantitative estimate of drug-likeness (QED) is 0.437. The standard InChI is InChI=1S/C20H21F3N6O.C2HF3O2/c1-10(30)29-16-4-5-17(29)14-6-11(2-3-13(14)16)27-19-25-9-15(20(21,22)23)18(28-19)26-12-7-24-8-12;3-2(4,5)1(6)7/h2-3,6,9,12,16-17,24H,4-5,7-8H2,1H3,(H2,25,26,27,28);(H,6,7). The first kappa shape index (κ1) is 26.4. The van der Waals surface area contributed by atoms with Crippen LogP contribution in [0.4, 0.5) is 43.8 Å². The van der Waals surface area contributed by atoms with Crippen LogP contribution < -0.4 is 16.0 Å². The highest BCUT2D eigenvalue weighted by atomic mass is 19.4. The van der Waals surface area contributed by atoms with Crippen LogP contribution in [0.25, 0.3) is 0 Å². The van der Waals surface area contributed by atoms with Crippen LogP contribution in [0, 0.1) is 0 Å². The number of rotatable bonds is 4. The molecule has 1 amide bonds. The highest BCUT2D eigenvalue weighted by Crippen LogP contribution is 2.53. The van der Waals surface area contributed by atoms with Crippen molar-refractivity contribution in [2.45, 2.75) is 50.2 Å². The molecule has 2 saturated heterocycles. The van der Waals surface area contributed by atoms with Crippen LogP contribution in [0.1, 0.15) is 48.5 Å². The van der Waals surface area contributed by atoms with E-state index in [0.29, 0.717) is 18.8 Å². The van der Waals surface area contributed by atoms with Crippen LogP contribution in [0.2, 0.25) is 0 Å². The number of hydrogen-bond donors (Lipinski definition) is 4. The lowest BCUT2D eigenvalue weighted by molar-refractivity contribution is -0.192. The fraction of sp³-hybridized carbons (Fsp3) is 0.455. The lowest BCUT2D eigenvalue weighted by Crippen LogP contribution is -2.51. The number of hydrogen-bond acceptors (Lipinski definition) is 7. The third-order valence-electron chi connectivity index (χ3n) is 6.27. The Hall–Kier alpha value is -3.62. The van der Waals surface area contributed by atoms with Gasteiger partial charge in [-0.05, 0) is 36.1 Å². The molecule has 4 heterocycles. The molecule has 9 nitrogen and oxygen atoms in total. The molecule has 0 radical (unpaired) electrons. The van der Waals surface area contributed by atoms with Crippen LogP contribution in [0.5, 0.6) is 0 Å². The molecule has 2 unspecified atom stereocenters. The lowest BCUT2D eigenvalue weighted by atomic mass is 9.91. The number of fused-ring (bicyclic) bond motifs is 5. The van der Waals surface area contributed by atoms with Gasteiger partial charge < -0.3 is 26.0 Å². The van der Waals surface area contributed by atoms with E-state index in [1.807, 2.05) is 23.1 Å². The van der Waals surface area contributed by atoms with Crippen molar-refractivity contribution in [2.75, 3.05) is 23.7 Å². The van der Waals surface area contributed by atoms with Crippen molar-refractivity contribution in [1.29, 1.82) is 0 Å². The van der Waals surface area contributed by atoms with E-state index in [9.17, 15) is 31.1 Å². The predicted molar refractivity (Wildman–Crippen MR) is 118 cm³/mol. The van der Waals surface area contributed by atoms with Crippen molar-refractivity contribution < 1.29 is 41.0 Å². The maximum atomic E-state index is 13.3. The zero-order valence-electron chi connectivity index (χ0n) is 19.2. The Labute approximate surface area is 206 Å². The number of carboxylic acids is 1. The zero-order chi connectivity index (χ0) is 27.1. The topological polar surface area (TPSA) is 119 Å². The van der Waals surface area contributed by atoms with Crippen LogP contribution in [0.15, 0.2) is 24.4 Å². The van der Waals surface area contributed by atoms with Gasteiger partial charge >= 0.3 is 18.3 Å². The Morgan fingerprint density at radius 1 is 1.08 bits per heavy atom. The molecule has 0 saturated carbocycles. The highest BCUT2D eigenvalue weighted by Gasteiger charge is 2.45. The minimum absolute atomic E-state index is 0.0560. The van der Waals surface area contributed by atoms with Crippen molar-refractivity contribution in [3.63, 3.8) is 0 Å². The van der Waals surface area contributed by atoms with Gasteiger partial charge in [0.25, 0.3) is 0 Å². The maximum absolute atomic E-state index is 13.3. The molecule has 2 fully saturated rings. The van der Waals surface area contributed by atoms with Crippen LogP contribution >= 0.6 is 0 Å². The number of nitrogens with zero attached hydrogens (tertiary/aromatic N) is 3. The zero-order valence-corrected chi connectivity index (χ0v) is 19.2. The largest absolute Gasteiger partial charge is 0.490 e. The number of carbonyl (C=O) groups excluding carboxylic acids is 1. The number of nitrogens with one attached hydrogen (secondary N) is 3. The third kappa shape index (κ3) is 5.55. The van der Waals surface area contributed by atoms with E-state index in [4.69, 9.17) is 9.90 Å². The number of amides is 1. The molecular formula is C22H22F6N6O3. The van der Waals surface area contributed by atoms with Crippen molar-refractivity contribution in [3.8, 4) is 0 Å². The summed E-state index contributed by atoms with van der Waals surface area (Å²) < 4.78 is 71.7. The molecule has 2 bridgehead atoms. The van der Waals surface area contributed by atoms with Crippen molar-refractivity contribution >= 4 is 29.3 Å². The number of carbonyl (C=O) groups is 2. The monoisotopic (exact) mass is 532 g/mol. The first-order valence-corrected chi connectivity index (χ1v) is 11.2. The smallest absolute Gasteiger partial charge is 0.475 e. The summed E-state index contributed by atoms with van der Waals surface area (Å²) in [5.74, 6) is -2.84. The van der Waals surface area contributed by atoms with Crippen molar-refractivity contribution in [1.82, 2.24) is 20.2 Å². The summed E-state index contributed by atoms with van der Waals surface area (Å²) in [7, 11) is 0. The summed E-state index contributed by atoms with van der Waals surface area (Å²) in [6.07, 6.45) is -6.95. The van der Waals surface area contributed by atoms with Crippen molar-refractivity contribution in [3.05, 3.63) is 41.1 Å². The Kier molecular flexibility index (Phi) is 6.92. The van der Waals surface area contributed by atoms with Gasteiger partial charge in [-0.1, -0.05) is 6.07 Å². The van der Waals surface area contributed by atoms with Crippen LogP contribution in [-0.2, 0) is 15.8 Å². The van der Waals surface area contributed by atoms with Gasteiger partial charge in [0, 0.05) is 31.9 Å². The SMILES string of the molecule is CC(=O)N1C2CCC1c1cc(Nc3ncc(C(F)(F)F)c(NC4CNC4)n3)ccc12.O=C(O)C(F)(F)F. The second kappa shape index (κ2) is 9.68. The highest BCUT2D eigenvalue weighted by molar-refractivity contribution is 5.77. The van der Waals surface area contributed by atoms with Gasteiger partial charge in [-0.15, -0.1) is 0 Å². The predicted octanol–water partition coefficient (Wildman–Crippen LogP) is 3.99. The molecule has 5 rings (SSSR count). The summed E-state index contributed by atoms with van der Waals surface area (Å²) in [6, 6.07) is 5.84. The van der Waals surface area contributed by atoms with Gasteiger partial charge in [-0.2, -0.15) is 31.3 Å². The molecule has 4 N–H and O–H groups in total. The Balaban J connectivity index is 0.000000405. The molecule has 15 heteroatoms. The van der Waals surface area contributed by atoms with Gasteiger partial charge in [-0.3, -0.25) is 4.79 Å². The first-order chi connectivity index (χ1) is 17.3. The van der Waals surface area contributed by atoms with E-state index in [1.165, 1.54) is 0 Å². The molecule has 2 aromatic rings. The van der Waals surface area contributed by atoms with Gasteiger partial charge in [0.2, 0.25) is 11.9 Å². The van der Waals surface area contributed by atoms with E-state index < -0.39 is 23.9 Å². The minimum Gasteiger partial charge on any atom is -0.475 e. The normalized spacial score (nSPS) is 20.5. The Bertz CT molecular complexity index is 1200. The second-order valence-electron chi connectivity index (χ2n) is 8.76. The molecule has 1 aromatic heterocycles. The summed E-state index contributed by atoms with van der Waals surface area (Å²) in [5.41, 5.74) is 2.02. The van der Waals surface area contributed by atoms with E-state index in [2.05, 4.69) is 25.9 Å². The molecular weight excluding hydrogens is 510 g/mol. The first-order valence-electron chi connectivity index (χ1n) is 11.2. The lowest BCUT2D eigenvalue weighted by Gasteiger charge is -2.29. The number of anilines is 3. The van der Waals surface area contributed by atoms with E-state index in [0.717, 1.165) is 30.2 Å². The summed E-state index contributed by atoms with van der Waals surface area (Å²) >= 11 is 0. The van der Waals surface area contributed by atoms with Gasteiger partial charge in [-0.25, -0.2) is 9.78 Å². The number of benzene rings is 1. The van der Waals surface area contributed by atoms with E-state index >= 15 is 0 Å². The molecule has 0 spiro atoms. The summed E-state index contributed by atoms with van der Waals surface area (Å²) in [4.78, 5) is 30.8. The fourth-order valence-electron chi connectivity index (χ4n) is 4.58. The minimum atomic E-state index is -5.08. The number of aromatic nitrogens is 2. The summed E-state index contributed by atoms with van der Waals surface area (Å²) in [5, 5.41) is 16.0. The van der Waals surface area contributed by atoms with Crippen LogP contribution in [0.3, 0.4) is 0 Å². The molecule has 3 aliphatic heterocycles. The number of alkyl halides is 6. The van der Waals surface area contributed by atoms with Gasteiger partial charge in [0.05, 0.1) is 18.1 Å². The molecule has 200 valence electrons. The summed E-state index contributed by atoms with van der Waals surface area (Å²) in [6.45, 7) is 2.76. The molecule has 37 heavy (non-hydrogen) atoms. The van der Waals surface area contributed by atoms with Crippen LogP contribution in [-0.4, -0.2) is 57.2 Å². The van der Waals surface area contributed by atoms with Gasteiger partial charge in [0.1, 0.15) is 11.4 Å². The number of carboxylic acid groups (broad SMARTS) is 1. The fourth-order valence-corrected chi connectivity index (χ4v) is 4.58. The molecule has 1 aromatic carbocycles. The second-order valence-corrected chi connectivity index (χ2v) is 8.76. The Morgan fingerprint density at radius 3 is 2.22 bits per heavy atom. The molecule has 3 aliphatic rings. The molecule has 2 atom stereocenters. The van der Waals surface area contributed by atoms with E-state index in [-0.39, 0.29) is 35.8 Å². The Morgan fingerprint density at radius 2 is 1.70 bits per heavy atom. The molecule has 0 aliphatic carbocycles.